The summed E-state index contributed by atoms with van der Waals surface area (Å²) in [5, 5.41) is 0.692. The average Bonchev–Trinajstić information content (AvgIpc) is 2.88. The number of hydrogen-bond acceptors (Lipinski definition) is 7. The third-order valence-electron chi connectivity index (χ3n) is 5.94. The van der Waals surface area contributed by atoms with E-state index in [1.807, 2.05) is 32.9 Å². The number of ether oxygens (including phenoxy) is 6. The molecule has 0 spiro atoms. The number of carbonyl (C=O) groups excluding carboxylic acids is 1. The van der Waals surface area contributed by atoms with Gasteiger partial charge in [-0.05, 0) is 48.6 Å². The zero-order valence-corrected chi connectivity index (χ0v) is 24.0. The van der Waals surface area contributed by atoms with Crippen LogP contribution in [0.4, 0.5) is 0 Å². The van der Waals surface area contributed by atoms with Crippen LogP contribution in [0.3, 0.4) is 0 Å². The summed E-state index contributed by atoms with van der Waals surface area (Å²) in [4.78, 5) is 13.8. The van der Waals surface area contributed by atoms with Crippen LogP contribution in [0, 0.1) is 0 Å². The van der Waals surface area contributed by atoms with Crippen molar-refractivity contribution in [1.82, 2.24) is 0 Å². The van der Waals surface area contributed by atoms with Crippen LogP contribution >= 0.6 is 8.58 Å². The van der Waals surface area contributed by atoms with Gasteiger partial charge >= 0.3 is 18.9 Å². The zero-order chi connectivity index (χ0) is 26.8. The molecular weight excluding hydrogens is 486 g/mol. The Morgan fingerprint density at radius 1 is 0.676 bits per heavy atom. The van der Waals surface area contributed by atoms with Crippen LogP contribution in [-0.2, 0) is 0 Å². The van der Waals surface area contributed by atoms with Crippen molar-refractivity contribution in [3.8, 4) is 34.5 Å². The van der Waals surface area contributed by atoms with Gasteiger partial charge < -0.3 is 28.4 Å². The summed E-state index contributed by atoms with van der Waals surface area (Å²) in [7, 11) is 4.29. The molecule has 4 atom stereocenters. The number of hydrogen-bond donors (Lipinski definition) is 0. The average molecular weight is 529 g/mol. The summed E-state index contributed by atoms with van der Waals surface area (Å²) in [5.41, 5.74) is 0.188. The van der Waals surface area contributed by atoms with Crippen LogP contribution in [0.5, 0.6) is 34.5 Å². The van der Waals surface area contributed by atoms with Gasteiger partial charge in [-0.15, -0.1) is 0 Å². The first-order valence-electron chi connectivity index (χ1n) is 12.5. The molecule has 0 radical (unpaired) electrons. The van der Waals surface area contributed by atoms with Gasteiger partial charge in [0.05, 0.1) is 44.9 Å². The van der Waals surface area contributed by atoms with Crippen LogP contribution < -0.4 is 33.7 Å². The van der Waals surface area contributed by atoms with Crippen molar-refractivity contribution in [2.75, 3.05) is 21.3 Å². The fourth-order valence-electron chi connectivity index (χ4n) is 3.26. The molecule has 0 bridgehead atoms. The van der Waals surface area contributed by atoms with Crippen LogP contribution in [0.2, 0.25) is 0 Å². The Hall–Kier alpha value is -2.06. The molecule has 2 rings (SSSR count). The van der Waals surface area contributed by atoms with Crippen LogP contribution in [-0.4, -0.2) is 64.0 Å². The van der Waals surface area contributed by atoms with E-state index in [1.165, 1.54) is 14.2 Å². The first-order chi connectivity index (χ1) is 17.2. The number of methoxy groups -OCH3 is 3. The van der Waals surface area contributed by atoms with Crippen LogP contribution in [0.25, 0.3) is 0 Å². The second-order valence-electron chi connectivity index (χ2n) is 8.67. The molecule has 0 aliphatic carbocycles. The van der Waals surface area contributed by atoms with E-state index in [4.69, 9.17) is 28.4 Å². The van der Waals surface area contributed by atoms with E-state index in [9.17, 15) is 4.79 Å². The molecule has 0 aliphatic rings. The summed E-state index contributed by atoms with van der Waals surface area (Å²) in [6.45, 7) is 12.2. The minimum atomic E-state index is -0.301. The SMILES string of the molecule is CCC(C)Oc1cc(OC(C)CC)c(PC(=O)c2c(OC)cc(OC)cc2OC)c(OC(C)CC)c1.[LiH]. The van der Waals surface area contributed by atoms with Crippen molar-refractivity contribution in [3.05, 3.63) is 29.8 Å². The summed E-state index contributed by atoms with van der Waals surface area (Å²) in [6.07, 6.45) is 2.42. The van der Waals surface area contributed by atoms with Crippen molar-refractivity contribution in [2.24, 2.45) is 0 Å². The molecule has 2 aromatic rings. The van der Waals surface area contributed by atoms with E-state index < -0.39 is 0 Å². The Kier molecular flexibility index (Phi) is 14.3. The van der Waals surface area contributed by atoms with Crippen molar-refractivity contribution >= 4 is 38.3 Å². The quantitative estimate of drug-likeness (QED) is 0.216. The molecule has 202 valence electrons. The molecule has 0 saturated heterocycles. The molecule has 0 aliphatic heterocycles. The van der Waals surface area contributed by atoms with Crippen molar-refractivity contribution < 1.29 is 33.2 Å². The monoisotopic (exact) mass is 528 g/mol. The number of benzene rings is 2. The molecule has 0 heterocycles. The molecule has 9 heteroatoms. The van der Waals surface area contributed by atoms with E-state index in [2.05, 4.69) is 20.8 Å². The summed E-state index contributed by atoms with van der Waals surface area (Å²) < 4.78 is 35.1. The summed E-state index contributed by atoms with van der Waals surface area (Å²) in [5.74, 6) is 3.13. The van der Waals surface area contributed by atoms with Gasteiger partial charge in [0.2, 0.25) is 0 Å². The minimum absolute atomic E-state index is 0. The van der Waals surface area contributed by atoms with E-state index in [1.54, 1.807) is 19.2 Å². The fraction of sp³-hybridized carbons (Fsp3) is 0.536. The van der Waals surface area contributed by atoms with E-state index in [0.717, 1.165) is 19.3 Å². The first kappa shape index (κ1) is 33.0. The molecule has 4 unspecified atom stereocenters. The van der Waals surface area contributed by atoms with Crippen LogP contribution in [0.1, 0.15) is 71.2 Å². The van der Waals surface area contributed by atoms with Gasteiger partial charge in [0.1, 0.15) is 40.1 Å². The standard InChI is InChI=1S/C28H41O7P.Li.H/c1-10-17(4)33-21-15-24(34-18(5)11-2)27(25(16-21)35-19(6)12-3)36-28(29)26-22(31-8)13-20(30-7)14-23(26)32-9;;/h13-19,36H,10-12H2,1-9H3;;. The number of carbonyl (C=O) groups is 1. The third kappa shape index (κ3) is 9.02. The second-order valence-corrected chi connectivity index (χ2v) is 9.87. The maximum absolute atomic E-state index is 13.8. The molecule has 7 nitrogen and oxygen atoms in total. The Morgan fingerprint density at radius 2 is 1.08 bits per heavy atom. The van der Waals surface area contributed by atoms with Gasteiger partial charge in [0.15, 0.2) is 5.52 Å². The normalized spacial score (nSPS) is 13.3. The topological polar surface area (TPSA) is 72.5 Å². The molecular formula is C28H42LiO7P. The molecule has 0 fully saturated rings. The second kappa shape index (κ2) is 16.0. The number of rotatable bonds is 15. The molecule has 0 amide bonds. The van der Waals surface area contributed by atoms with Crippen molar-refractivity contribution in [3.63, 3.8) is 0 Å². The Labute approximate surface area is 235 Å². The van der Waals surface area contributed by atoms with Crippen molar-refractivity contribution in [1.29, 1.82) is 0 Å². The van der Waals surface area contributed by atoms with Crippen LogP contribution in [0.15, 0.2) is 24.3 Å². The van der Waals surface area contributed by atoms with E-state index in [0.29, 0.717) is 45.4 Å². The van der Waals surface area contributed by atoms with Gasteiger partial charge in [0, 0.05) is 24.3 Å². The molecule has 0 aromatic heterocycles. The first-order valence-corrected chi connectivity index (χ1v) is 13.5. The van der Waals surface area contributed by atoms with Gasteiger partial charge in [-0.25, -0.2) is 0 Å². The Morgan fingerprint density at radius 3 is 1.46 bits per heavy atom. The molecule has 2 aromatic carbocycles. The predicted molar refractivity (Wildman–Crippen MR) is 153 cm³/mol. The van der Waals surface area contributed by atoms with Gasteiger partial charge in [-0.2, -0.15) is 0 Å². The molecule has 37 heavy (non-hydrogen) atoms. The van der Waals surface area contributed by atoms with Gasteiger partial charge in [0.25, 0.3) is 0 Å². The molecule has 0 N–H and O–H groups in total. The zero-order valence-electron chi connectivity index (χ0n) is 23.0. The van der Waals surface area contributed by atoms with Gasteiger partial charge in [-0.3, -0.25) is 4.79 Å². The Bertz CT molecular complexity index is 956. The Balaban J connectivity index is 0.00000684. The summed E-state index contributed by atoms with van der Waals surface area (Å²) >= 11 is 0. The van der Waals surface area contributed by atoms with E-state index in [-0.39, 0.29) is 51.3 Å². The van der Waals surface area contributed by atoms with Gasteiger partial charge in [-0.1, -0.05) is 20.8 Å². The molecule has 0 saturated carbocycles. The van der Waals surface area contributed by atoms with Crippen molar-refractivity contribution in [2.45, 2.75) is 79.1 Å². The fourth-order valence-corrected chi connectivity index (χ4v) is 4.37. The predicted octanol–water partition coefficient (Wildman–Crippen LogP) is 5.74. The third-order valence-corrected chi connectivity index (χ3v) is 7.16. The maximum atomic E-state index is 13.8. The summed E-state index contributed by atoms with van der Waals surface area (Å²) in [6, 6.07) is 7.08. The van der Waals surface area contributed by atoms with E-state index >= 15 is 0 Å².